The van der Waals surface area contributed by atoms with Crippen LogP contribution in [0, 0.1) is 5.82 Å². The molecule has 0 bridgehead atoms. The third kappa shape index (κ3) is 2.68. The Kier molecular flexibility index (Phi) is 3.58. The zero-order valence-electron chi connectivity index (χ0n) is 12.8. The number of aromatic amines is 1. The van der Waals surface area contributed by atoms with E-state index in [4.69, 9.17) is 11.6 Å². The topological polar surface area (TPSA) is 64.2 Å². The van der Waals surface area contributed by atoms with Gasteiger partial charge in [-0.1, -0.05) is 29.8 Å². The van der Waals surface area contributed by atoms with Gasteiger partial charge in [-0.05, 0) is 35.9 Å². The van der Waals surface area contributed by atoms with E-state index < -0.39 is 17.2 Å². The lowest BCUT2D eigenvalue weighted by Crippen LogP contribution is -2.29. The van der Waals surface area contributed by atoms with Crippen molar-refractivity contribution in [1.82, 2.24) is 18.7 Å². The summed E-state index contributed by atoms with van der Waals surface area (Å²) >= 11 is 5.87. The number of benzene rings is 2. The minimum atomic E-state index is -0.465. The molecule has 25 heavy (non-hydrogen) atoms. The first-order valence-electron chi connectivity index (χ1n) is 7.46. The zero-order valence-corrected chi connectivity index (χ0v) is 13.6. The van der Waals surface area contributed by atoms with Crippen LogP contribution in [0.1, 0.15) is 5.56 Å². The average molecular weight is 359 g/mol. The van der Waals surface area contributed by atoms with Crippen molar-refractivity contribution in [1.29, 1.82) is 0 Å². The molecule has 1 N–H and O–H groups in total. The van der Waals surface area contributed by atoms with Crippen LogP contribution in [-0.2, 0) is 6.54 Å². The highest BCUT2D eigenvalue weighted by molar-refractivity contribution is 6.30. The fourth-order valence-electron chi connectivity index (χ4n) is 2.74. The number of aromatic nitrogens is 4. The van der Waals surface area contributed by atoms with Crippen LogP contribution in [0.3, 0.4) is 0 Å². The number of halogens is 2. The van der Waals surface area contributed by atoms with E-state index in [1.54, 1.807) is 30.3 Å². The average Bonchev–Trinajstić information content (AvgIpc) is 3.06. The van der Waals surface area contributed by atoms with Crippen molar-refractivity contribution < 1.29 is 4.39 Å². The Morgan fingerprint density at radius 2 is 1.84 bits per heavy atom. The van der Waals surface area contributed by atoms with Crippen LogP contribution in [0.2, 0.25) is 5.02 Å². The van der Waals surface area contributed by atoms with Crippen molar-refractivity contribution in [3.8, 4) is 5.69 Å². The summed E-state index contributed by atoms with van der Waals surface area (Å²) < 4.78 is 17.2. The first kappa shape index (κ1) is 15.5. The Balaban J connectivity index is 1.85. The molecule has 4 rings (SSSR count). The lowest BCUT2D eigenvalue weighted by Gasteiger charge is -2.04. The van der Waals surface area contributed by atoms with Gasteiger partial charge in [0.1, 0.15) is 5.82 Å². The fraction of sp³-hybridized carbons (Fsp3) is 0.0588. The number of rotatable bonds is 3. The number of hydrogen-bond acceptors (Lipinski definition) is 2. The quantitative estimate of drug-likeness (QED) is 0.611. The second kappa shape index (κ2) is 5.78. The molecule has 0 aliphatic carbocycles. The lowest BCUT2D eigenvalue weighted by molar-refractivity contribution is 0.592. The Morgan fingerprint density at radius 1 is 1.08 bits per heavy atom. The van der Waals surface area contributed by atoms with E-state index in [1.807, 2.05) is 0 Å². The van der Waals surface area contributed by atoms with Gasteiger partial charge < -0.3 is 0 Å². The third-order valence-electron chi connectivity index (χ3n) is 3.91. The highest BCUT2D eigenvalue weighted by Gasteiger charge is 2.14. The molecule has 0 unspecified atom stereocenters. The van der Waals surface area contributed by atoms with Crippen molar-refractivity contribution in [3.05, 3.63) is 92.1 Å². The van der Waals surface area contributed by atoms with Crippen LogP contribution in [0.4, 0.5) is 4.39 Å². The largest absolute Gasteiger partial charge is 0.353 e. The smallest absolute Gasteiger partial charge is 0.289 e. The number of nitrogens with zero attached hydrogens (tertiary/aromatic N) is 3. The summed E-state index contributed by atoms with van der Waals surface area (Å²) in [5.41, 5.74) is 0.653. The minimum Gasteiger partial charge on any atom is -0.289 e. The summed E-state index contributed by atoms with van der Waals surface area (Å²) in [4.78, 5) is 27.5. The molecular formula is C17H12ClFN4O2. The number of imidazole rings is 1. The van der Waals surface area contributed by atoms with Crippen molar-refractivity contribution in [2.75, 3.05) is 0 Å². The number of hydrogen-bond donors (Lipinski definition) is 1. The summed E-state index contributed by atoms with van der Waals surface area (Å²) in [7, 11) is 0. The van der Waals surface area contributed by atoms with Crippen molar-refractivity contribution in [3.63, 3.8) is 0 Å². The van der Waals surface area contributed by atoms with Crippen molar-refractivity contribution >= 4 is 17.2 Å². The molecule has 6 nitrogen and oxygen atoms in total. The maximum Gasteiger partial charge on any atom is 0.353 e. The van der Waals surface area contributed by atoms with Gasteiger partial charge in [-0.2, -0.15) is 4.52 Å². The lowest BCUT2D eigenvalue weighted by atomic mass is 10.2. The van der Waals surface area contributed by atoms with E-state index in [0.29, 0.717) is 16.4 Å². The molecule has 0 spiro atoms. The van der Waals surface area contributed by atoms with Crippen LogP contribution in [0.25, 0.3) is 11.3 Å². The Morgan fingerprint density at radius 3 is 2.56 bits per heavy atom. The van der Waals surface area contributed by atoms with E-state index in [9.17, 15) is 14.0 Å². The van der Waals surface area contributed by atoms with Gasteiger partial charge in [0.15, 0.2) is 5.65 Å². The second-order valence-corrected chi connectivity index (χ2v) is 6.01. The Hall–Kier alpha value is -3.06. The highest BCUT2D eigenvalue weighted by atomic mass is 35.5. The predicted octanol–water partition coefficient (Wildman–Crippen LogP) is 2.42. The van der Waals surface area contributed by atoms with Gasteiger partial charge in [-0.15, -0.1) is 0 Å². The normalized spacial score (nSPS) is 11.3. The van der Waals surface area contributed by atoms with Gasteiger partial charge in [-0.3, -0.25) is 9.55 Å². The monoisotopic (exact) mass is 358 g/mol. The van der Waals surface area contributed by atoms with Gasteiger partial charge in [0.2, 0.25) is 0 Å². The summed E-state index contributed by atoms with van der Waals surface area (Å²) in [5.74, 6) is -0.446. The van der Waals surface area contributed by atoms with E-state index in [-0.39, 0.29) is 6.54 Å². The van der Waals surface area contributed by atoms with Crippen LogP contribution < -0.4 is 11.4 Å². The van der Waals surface area contributed by atoms with E-state index in [0.717, 1.165) is 5.56 Å². The predicted molar refractivity (Wildman–Crippen MR) is 92.1 cm³/mol. The molecule has 2 heterocycles. The molecule has 126 valence electrons. The first-order chi connectivity index (χ1) is 12.0. The van der Waals surface area contributed by atoms with Gasteiger partial charge in [0.05, 0.1) is 18.4 Å². The van der Waals surface area contributed by atoms with E-state index in [2.05, 4.69) is 4.98 Å². The molecule has 0 saturated heterocycles. The SMILES string of the molecule is O=c1[nH]c2cn(-c3cccc(F)c3)c(=O)n2n1Cc1ccc(Cl)cc1. The van der Waals surface area contributed by atoms with Crippen LogP contribution >= 0.6 is 11.6 Å². The Bertz CT molecular complexity index is 1180. The van der Waals surface area contributed by atoms with Crippen LogP contribution in [0.5, 0.6) is 0 Å². The molecule has 2 aromatic heterocycles. The second-order valence-electron chi connectivity index (χ2n) is 5.57. The summed E-state index contributed by atoms with van der Waals surface area (Å²) in [6.07, 6.45) is 1.47. The summed E-state index contributed by atoms with van der Waals surface area (Å²) in [6.45, 7) is 0.197. The van der Waals surface area contributed by atoms with Crippen molar-refractivity contribution in [2.45, 2.75) is 6.54 Å². The van der Waals surface area contributed by atoms with Gasteiger partial charge in [0.25, 0.3) is 0 Å². The maximum atomic E-state index is 13.4. The number of nitrogens with one attached hydrogen (secondary N) is 1. The molecule has 4 aromatic rings. The van der Waals surface area contributed by atoms with E-state index in [1.165, 1.54) is 38.2 Å². The summed E-state index contributed by atoms with van der Waals surface area (Å²) in [5, 5.41) is 0.588. The van der Waals surface area contributed by atoms with Gasteiger partial charge in [-0.25, -0.2) is 18.7 Å². The molecule has 0 fully saturated rings. The molecular weight excluding hydrogens is 347 g/mol. The highest BCUT2D eigenvalue weighted by Crippen LogP contribution is 2.11. The molecule has 0 atom stereocenters. The molecule has 0 radical (unpaired) electrons. The molecule has 8 heteroatoms. The zero-order chi connectivity index (χ0) is 17.6. The van der Waals surface area contributed by atoms with Crippen LogP contribution in [0.15, 0.2) is 64.3 Å². The summed E-state index contributed by atoms with van der Waals surface area (Å²) in [6, 6.07) is 12.7. The Labute approximate surface area is 145 Å². The molecule has 0 aliphatic rings. The molecule has 0 aliphatic heterocycles. The van der Waals surface area contributed by atoms with Crippen molar-refractivity contribution in [2.24, 2.45) is 0 Å². The van der Waals surface area contributed by atoms with E-state index >= 15 is 0 Å². The fourth-order valence-corrected chi connectivity index (χ4v) is 2.86. The van der Waals surface area contributed by atoms with Crippen LogP contribution in [-0.4, -0.2) is 18.7 Å². The first-order valence-corrected chi connectivity index (χ1v) is 7.84. The minimum absolute atomic E-state index is 0.197. The van der Waals surface area contributed by atoms with Gasteiger partial charge >= 0.3 is 11.4 Å². The number of H-pyrrole nitrogens is 1. The van der Waals surface area contributed by atoms with Gasteiger partial charge in [0, 0.05) is 5.02 Å². The number of fused-ring (bicyclic) bond motifs is 1. The maximum absolute atomic E-state index is 13.4. The molecule has 0 saturated carbocycles. The third-order valence-corrected chi connectivity index (χ3v) is 4.16. The molecule has 0 amide bonds. The standard InChI is InChI=1S/C17H12ClFN4O2/c18-12-6-4-11(5-7-12)9-22-16(24)20-15-10-21(17(25)23(15)22)14-3-1-2-13(19)8-14/h1-8,10H,9H2,(H,20,24). The molecule has 2 aromatic carbocycles.